The molecule has 1 aliphatic rings. The first-order valence-electron chi connectivity index (χ1n) is 6.22. The number of carbonyl (C=O) groups is 1. The number of aromatic nitrogens is 4. The Hall–Kier alpha value is -2.14. The van der Waals surface area contributed by atoms with Gasteiger partial charge in [0.2, 0.25) is 0 Å². The van der Waals surface area contributed by atoms with Crippen LogP contribution in [-0.4, -0.2) is 60.4 Å². The van der Waals surface area contributed by atoms with Gasteiger partial charge in [-0.1, -0.05) is 0 Å². The van der Waals surface area contributed by atoms with Crippen LogP contribution in [0.5, 0.6) is 0 Å². The Morgan fingerprint density at radius 1 is 1.33 bits per heavy atom. The van der Waals surface area contributed by atoms with Gasteiger partial charge in [-0.15, -0.1) is 0 Å². The van der Waals surface area contributed by atoms with Crippen molar-refractivity contribution < 1.29 is 19.7 Å². The Bertz CT molecular complexity index is 688. The van der Waals surface area contributed by atoms with Crippen molar-refractivity contribution in [2.24, 2.45) is 5.73 Å². The summed E-state index contributed by atoms with van der Waals surface area (Å²) in [6.07, 6.45) is -2.30. The van der Waals surface area contributed by atoms with Crippen molar-refractivity contribution in [3.63, 3.8) is 0 Å². The zero-order valence-electron chi connectivity index (χ0n) is 10.8. The lowest BCUT2D eigenvalue weighted by Gasteiger charge is -2.16. The van der Waals surface area contributed by atoms with Crippen LogP contribution in [0.3, 0.4) is 0 Å². The summed E-state index contributed by atoms with van der Waals surface area (Å²) in [5, 5.41) is 20.0. The molecular formula is C11H14N6O4. The largest absolute Gasteiger partial charge is 0.387 e. The Morgan fingerprint density at radius 3 is 2.81 bits per heavy atom. The molecule has 0 unspecified atom stereocenters. The number of rotatable bonds is 3. The molecule has 0 aliphatic carbocycles. The van der Waals surface area contributed by atoms with Crippen molar-refractivity contribution in [1.82, 2.24) is 19.5 Å². The zero-order valence-corrected chi connectivity index (χ0v) is 10.8. The molecule has 0 bridgehead atoms. The Kier molecular flexibility index (Phi) is 3.29. The van der Waals surface area contributed by atoms with Crippen LogP contribution >= 0.6 is 0 Å². The quantitative estimate of drug-likeness (QED) is 0.481. The lowest BCUT2D eigenvalue weighted by atomic mass is 10.1. The average molecular weight is 294 g/mol. The number of aliphatic hydroxyl groups excluding tert-OH is 2. The molecule has 4 atom stereocenters. The van der Waals surface area contributed by atoms with Gasteiger partial charge in [0.25, 0.3) is 0 Å². The Labute approximate surface area is 118 Å². The molecule has 112 valence electrons. The first-order chi connectivity index (χ1) is 10.0. The minimum atomic E-state index is -1.37. The molecule has 10 nitrogen and oxygen atoms in total. The lowest BCUT2D eigenvalue weighted by molar-refractivity contribution is -0.133. The molecule has 6 N–H and O–H groups in total. The standard InChI is InChI=1S/C11H14N6O4/c12-1-4(18)8-6(19)7(20)11(21-8)17-3-16-5-9(13)14-2-15-10(5)17/h2-3,6-8,11,19-20H,1,12H2,(H2,13,14,15)/t6-,7+,8+,11+/m0/s1. The number of imidazole rings is 1. The molecule has 1 saturated heterocycles. The van der Waals surface area contributed by atoms with E-state index in [1.807, 2.05) is 0 Å². The molecule has 10 heteroatoms. The highest BCUT2D eigenvalue weighted by Gasteiger charge is 2.47. The highest BCUT2D eigenvalue weighted by Crippen LogP contribution is 2.32. The topological polar surface area (TPSA) is 162 Å². The maximum atomic E-state index is 11.6. The van der Waals surface area contributed by atoms with Crippen LogP contribution in [0.4, 0.5) is 5.82 Å². The van der Waals surface area contributed by atoms with E-state index in [0.29, 0.717) is 11.2 Å². The molecule has 3 rings (SSSR count). The van der Waals surface area contributed by atoms with E-state index in [1.54, 1.807) is 0 Å². The molecule has 2 aromatic rings. The number of Topliss-reactive ketones (excluding diaryl/α,β-unsaturated/α-hetero) is 1. The van der Waals surface area contributed by atoms with Gasteiger partial charge in [0, 0.05) is 0 Å². The van der Waals surface area contributed by atoms with Gasteiger partial charge in [-0.3, -0.25) is 9.36 Å². The normalized spacial score (nSPS) is 29.1. The van der Waals surface area contributed by atoms with E-state index >= 15 is 0 Å². The number of ether oxygens (including phenoxy) is 1. The van der Waals surface area contributed by atoms with Gasteiger partial charge in [-0.05, 0) is 0 Å². The third kappa shape index (κ3) is 2.05. The summed E-state index contributed by atoms with van der Waals surface area (Å²) in [5.41, 5.74) is 11.6. The first kappa shape index (κ1) is 13.8. The minimum absolute atomic E-state index is 0.182. The molecule has 0 spiro atoms. The molecule has 2 aromatic heterocycles. The van der Waals surface area contributed by atoms with Crippen molar-refractivity contribution in [3.05, 3.63) is 12.7 Å². The second-order valence-corrected chi connectivity index (χ2v) is 4.68. The monoisotopic (exact) mass is 294 g/mol. The van der Waals surface area contributed by atoms with Crippen molar-refractivity contribution in [2.45, 2.75) is 24.5 Å². The third-order valence-corrected chi connectivity index (χ3v) is 3.42. The molecule has 0 amide bonds. The summed E-state index contributed by atoms with van der Waals surface area (Å²) in [6, 6.07) is 0. The first-order valence-corrected chi connectivity index (χ1v) is 6.22. The Morgan fingerprint density at radius 2 is 2.10 bits per heavy atom. The van der Waals surface area contributed by atoms with Crippen LogP contribution in [0, 0.1) is 0 Å². The number of ketones is 1. The van der Waals surface area contributed by atoms with Crippen LogP contribution in [0.1, 0.15) is 6.23 Å². The van der Waals surface area contributed by atoms with Gasteiger partial charge in [-0.2, -0.15) is 0 Å². The summed E-state index contributed by atoms with van der Waals surface area (Å²) in [5.74, 6) is -0.316. The van der Waals surface area contributed by atoms with E-state index in [-0.39, 0.29) is 12.4 Å². The average Bonchev–Trinajstić information content (AvgIpc) is 3.02. The maximum Gasteiger partial charge on any atom is 0.177 e. The van der Waals surface area contributed by atoms with Crippen molar-refractivity contribution in [2.75, 3.05) is 12.3 Å². The Balaban J connectivity index is 2.00. The summed E-state index contributed by atoms with van der Waals surface area (Å²) < 4.78 is 6.82. The second-order valence-electron chi connectivity index (χ2n) is 4.68. The van der Waals surface area contributed by atoms with Crippen LogP contribution < -0.4 is 11.5 Å². The molecule has 3 heterocycles. The smallest absolute Gasteiger partial charge is 0.177 e. The number of anilines is 1. The van der Waals surface area contributed by atoms with E-state index in [4.69, 9.17) is 16.2 Å². The van der Waals surface area contributed by atoms with Gasteiger partial charge in [0.1, 0.15) is 30.2 Å². The van der Waals surface area contributed by atoms with Crippen molar-refractivity contribution in [1.29, 1.82) is 0 Å². The van der Waals surface area contributed by atoms with Gasteiger partial charge in [0.05, 0.1) is 12.9 Å². The zero-order chi connectivity index (χ0) is 15.1. The van der Waals surface area contributed by atoms with Crippen molar-refractivity contribution in [3.8, 4) is 0 Å². The number of hydrogen-bond donors (Lipinski definition) is 4. The molecule has 1 fully saturated rings. The number of aliphatic hydroxyl groups is 2. The van der Waals surface area contributed by atoms with E-state index in [0.717, 1.165) is 0 Å². The number of hydrogen-bond acceptors (Lipinski definition) is 9. The van der Waals surface area contributed by atoms with E-state index in [2.05, 4.69) is 15.0 Å². The van der Waals surface area contributed by atoms with Crippen LogP contribution in [0.25, 0.3) is 11.2 Å². The minimum Gasteiger partial charge on any atom is -0.387 e. The summed E-state index contributed by atoms with van der Waals surface area (Å²) >= 11 is 0. The van der Waals surface area contributed by atoms with E-state index < -0.39 is 30.3 Å². The predicted molar refractivity (Wildman–Crippen MR) is 69.7 cm³/mol. The third-order valence-electron chi connectivity index (χ3n) is 3.42. The van der Waals surface area contributed by atoms with Crippen LogP contribution in [0.15, 0.2) is 12.7 Å². The lowest BCUT2D eigenvalue weighted by Crippen LogP contribution is -2.39. The fraction of sp³-hybridized carbons (Fsp3) is 0.455. The van der Waals surface area contributed by atoms with Crippen LogP contribution in [-0.2, 0) is 9.53 Å². The molecular weight excluding hydrogens is 280 g/mol. The fourth-order valence-electron chi connectivity index (χ4n) is 2.33. The van der Waals surface area contributed by atoms with E-state index in [9.17, 15) is 15.0 Å². The van der Waals surface area contributed by atoms with Gasteiger partial charge in [-0.25, -0.2) is 15.0 Å². The number of nitrogen functional groups attached to an aromatic ring is 1. The number of nitrogens with two attached hydrogens (primary N) is 2. The maximum absolute atomic E-state index is 11.6. The number of carbonyl (C=O) groups excluding carboxylic acids is 1. The van der Waals surface area contributed by atoms with E-state index in [1.165, 1.54) is 17.2 Å². The van der Waals surface area contributed by atoms with Gasteiger partial charge >= 0.3 is 0 Å². The molecule has 1 aliphatic heterocycles. The summed E-state index contributed by atoms with van der Waals surface area (Å²) in [7, 11) is 0. The van der Waals surface area contributed by atoms with Crippen LogP contribution in [0.2, 0.25) is 0 Å². The highest BCUT2D eigenvalue weighted by atomic mass is 16.6. The molecule has 0 saturated carbocycles. The SMILES string of the molecule is NCC(=O)[C@H]1O[C@@H](n2cnc3c(N)ncnc32)[C@H](O)[C@@H]1O. The second kappa shape index (κ2) is 5.00. The van der Waals surface area contributed by atoms with Gasteiger partial charge < -0.3 is 26.4 Å². The number of fused-ring (bicyclic) bond motifs is 1. The predicted octanol–water partition coefficient (Wildman–Crippen LogP) is -2.44. The van der Waals surface area contributed by atoms with Gasteiger partial charge in [0.15, 0.2) is 23.5 Å². The summed E-state index contributed by atoms with van der Waals surface area (Å²) in [6.45, 7) is -0.291. The number of nitrogens with zero attached hydrogens (tertiary/aromatic N) is 4. The molecule has 21 heavy (non-hydrogen) atoms. The molecule has 0 aromatic carbocycles. The van der Waals surface area contributed by atoms with Crippen molar-refractivity contribution >= 4 is 22.8 Å². The fourth-order valence-corrected chi connectivity index (χ4v) is 2.33. The highest BCUT2D eigenvalue weighted by molar-refractivity contribution is 5.86. The summed E-state index contributed by atoms with van der Waals surface area (Å²) in [4.78, 5) is 23.5. The molecule has 0 radical (unpaired) electrons.